The van der Waals surface area contributed by atoms with E-state index in [0.717, 1.165) is 5.56 Å². The second-order valence-electron chi connectivity index (χ2n) is 5.66. The predicted octanol–water partition coefficient (Wildman–Crippen LogP) is 2.35. The smallest absolute Gasteiger partial charge is 0.224 e. The predicted molar refractivity (Wildman–Crippen MR) is 79.2 cm³/mol. The Morgan fingerprint density at radius 3 is 2.80 bits per heavy atom. The Bertz CT molecular complexity index is 502. The van der Waals surface area contributed by atoms with E-state index in [9.17, 15) is 9.18 Å². The molecule has 0 saturated carbocycles. The normalized spacial score (nSPS) is 15.8. The average Bonchev–Trinajstić information content (AvgIpc) is 2.40. The third-order valence-electron chi connectivity index (χ3n) is 3.89. The van der Waals surface area contributed by atoms with Crippen molar-refractivity contribution < 1.29 is 9.18 Å². The highest BCUT2D eigenvalue weighted by Gasteiger charge is 2.18. The first-order chi connectivity index (χ1) is 9.51. The van der Waals surface area contributed by atoms with Crippen LogP contribution in [0.3, 0.4) is 0 Å². The number of anilines is 2. The van der Waals surface area contributed by atoms with Gasteiger partial charge in [-0.2, -0.15) is 0 Å². The van der Waals surface area contributed by atoms with Crippen molar-refractivity contribution >= 4 is 17.3 Å². The molecule has 4 nitrogen and oxygen atoms in total. The molecular formula is C15H22FN3O. The van der Waals surface area contributed by atoms with Crippen molar-refractivity contribution in [2.24, 2.45) is 17.6 Å². The number of carbonyl (C=O) groups excluding carboxylic acids is 1. The highest BCUT2D eigenvalue weighted by molar-refractivity contribution is 5.94. The van der Waals surface area contributed by atoms with E-state index in [1.165, 1.54) is 6.07 Å². The number of amides is 1. The molecule has 0 radical (unpaired) electrons. The number of hydrogen-bond donors (Lipinski definition) is 3. The van der Waals surface area contributed by atoms with Gasteiger partial charge in [-0.15, -0.1) is 0 Å². The van der Waals surface area contributed by atoms with Crippen LogP contribution in [-0.4, -0.2) is 19.0 Å². The lowest BCUT2D eigenvalue weighted by atomic mass is 9.96. The Kier molecular flexibility index (Phi) is 4.60. The molecule has 5 heteroatoms. The van der Waals surface area contributed by atoms with Crippen molar-refractivity contribution in [2.75, 3.05) is 23.7 Å². The van der Waals surface area contributed by atoms with Crippen molar-refractivity contribution in [1.29, 1.82) is 0 Å². The second kappa shape index (κ2) is 6.22. The van der Waals surface area contributed by atoms with Crippen LogP contribution >= 0.6 is 0 Å². The van der Waals surface area contributed by atoms with Gasteiger partial charge in [0.1, 0.15) is 5.82 Å². The monoisotopic (exact) mass is 279 g/mol. The van der Waals surface area contributed by atoms with E-state index in [1.54, 1.807) is 6.07 Å². The van der Waals surface area contributed by atoms with E-state index < -0.39 is 0 Å². The molecule has 0 spiro atoms. The maximum atomic E-state index is 14.0. The molecule has 2 rings (SSSR count). The molecule has 4 N–H and O–H groups in total. The number of fused-ring (bicyclic) bond motifs is 1. The van der Waals surface area contributed by atoms with Gasteiger partial charge in [-0.05, 0) is 42.5 Å². The summed E-state index contributed by atoms with van der Waals surface area (Å²) < 4.78 is 14.0. The number of aryl methyl sites for hydroxylation is 1. The van der Waals surface area contributed by atoms with E-state index in [0.29, 0.717) is 49.1 Å². The quantitative estimate of drug-likeness (QED) is 0.775. The van der Waals surface area contributed by atoms with Crippen LogP contribution in [0.15, 0.2) is 12.1 Å². The fourth-order valence-corrected chi connectivity index (χ4v) is 2.37. The van der Waals surface area contributed by atoms with Crippen LogP contribution in [0.1, 0.15) is 25.8 Å². The molecule has 1 atom stereocenters. The zero-order valence-electron chi connectivity index (χ0n) is 12.0. The fraction of sp³-hybridized carbons (Fsp3) is 0.533. The van der Waals surface area contributed by atoms with Crippen LogP contribution in [0.25, 0.3) is 0 Å². The molecule has 110 valence electrons. The molecule has 1 unspecified atom stereocenters. The van der Waals surface area contributed by atoms with Gasteiger partial charge in [-0.1, -0.05) is 13.8 Å². The largest absolute Gasteiger partial charge is 0.382 e. The molecule has 1 aromatic rings. The van der Waals surface area contributed by atoms with E-state index in [2.05, 4.69) is 24.5 Å². The van der Waals surface area contributed by atoms with Gasteiger partial charge in [-0.25, -0.2) is 4.39 Å². The van der Waals surface area contributed by atoms with Crippen LogP contribution in [0, 0.1) is 17.7 Å². The maximum Gasteiger partial charge on any atom is 0.224 e. The molecular weight excluding hydrogens is 257 g/mol. The molecule has 0 fully saturated rings. The summed E-state index contributed by atoms with van der Waals surface area (Å²) >= 11 is 0. The highest BCUT2D eigenvalue weighted by atomic mass is 19.1. The minimum absolute atomic E-state index is 0.0166. The number of hydrogen-bond acceptors (Lipinski definition) is 3. The Balaban J connectivity index is 2.12. The van der Waals surface area contributed by atoms with Gasteiger partial charge < -0.3 is 16.4 Å². The third kappa shape index (κ3) is 3.28. The lowest BCUT2D eigenvalue weighted by Crippen LogP contribution is -2.27. The molecule has 20 heavy (non-hydrogen) atoms. The summed E-state index contributed by atoms with van der Waals surface area (Å²) in [4.78, 5) is 11.4. The SMILES string of the molecule is CC(C)C(CN)CNc1cc2c(cc1F)CCC(=O)N2. The van der Waals surface area contributed by atoms with Crippen molar-refractivity contribution in [3.8, 4) is 0 Å². The average molecular weight is 279 g/mol. The Hall–Kier alpha value is -1.62. The van der Waals surface area contributed by atoms with Gasteiger partial charge in [0, 0.05) is 18.7 Å². The Labute approximate surface area is 118 Å². The lowest BCUT2D eigenvalue weighted by Gasteiger charge is -2.22. The molecule has 0 aromatic heterocycles. The molecule has 1 aliphatic heterocycles. The Morgan fingerprint density at radius 2 is 2.15 bits per heavy atom. The topological polar surface area (TPSA) is 67.1 Å². The summed E-state index contributed by atoms with van der Waals surface area (Å²) in [6.07, 6.45) is 1.01. The number of rotatable bonds is 5. The van der Waals surface area contributed by atoms with Gasteiger partial charge in [-0.3, -0.25) is 4.79 Å². The minimum atomic E-state index is -0.278. The van der Waals surface area contributed by atoms with Gasteiger partial charge in [0.25, 0.3) is 0 Å². The third-order valence-corrected chi connectivity index (χ3v) is 3.89. The summed E-state index contributed by atoms with van der Waals surface area (Å²) in [5.74, 6) is 0.435. The van der Waals surface area contributed by atoms with Crippen molar-refractivity contribution in [3.05, 3.63) is 23.5 Å². The first-order valence-electron chi connectivity index (χ1n) is 7.07. The summed E-state index contributed by atoms with van der Waals surface area (Å²) in [7, 11) is 0. The fourth-order valence-electron chi connectivity index (χ4n) is 2.37. The van der Waals surface area contributed by atoms with Crippen LogP contribution < -0.4 is 16.4 Å². The Morgan fingerprint density at radius 1 is 1.40 bits per heavy atom. The molecule has 1 amide bonds. The first kappa shape index (κ1) is 14.8. The van der Waals surface area contributed by atoms with Gasteiger partial charge >= 0.3 is 0 Å². The lowest BCUT2D eigenvalue weighted by molar-refractivity contribution is -0.116. The standard InChI is InChI=1S/C15H22FN3O/c1-9(2)11(7-17)8-18-14-6-13-10(5-12(14)16)3-4-15(20)19-13/h5-6,9,11,18H,3-4,7-8,17H2,1-2H3,(H,19,20). The second-order valence-corrected chi connectivity index (χ2v) is 5.66. The molecule has 1 aromatic carbocycles. The summed E-state index contributed by atoms with van der Waals surface area (Å²) in [5.41, 5.74) is 7.70. The van der Waals surface area contributed by atoms with E-state index in [1.807, 2.05) is 0 Å². The van der Waals surface area contributed by atoms with Crippen molar-refractivity contribution in [3.63, 3.8) is 0 Å². The van der Waals surface area contributed by atoms with E-state index in [4.69, 9.17) is 5.73 Å². The molecule has 0 bridgehead atoms. The molecule has 0 saturated heterocycles. The summed E-state index contributed by atoms with van der Waals surface area (Å²) in [6, 6.07) is 3.18. The van der Waals surface area contributed by atoms with Crippen LogP contribution in [0.5, 0.6) is 0 Å². The van der Waals surface area contributed by atoms with E-state index >= 15 is 0 Å². The zero-order valence-corrected chi connectivity index (χ0v) is 12.0. The van der Waals surface area contributed by atoms with Gasteiger partial charge in [0.15, 0.2) is 0 Å². The molecule has 1 aliphatic rings. The number of halogens is 1. The number of nitrogens with one attached hydrogen (secondary N) is 2. The number of benzene rings is 1. The summed E-state index contributed by atoms with van der Waals surface area (Å²) in [6.45, 7) is 5.39. The zero-order chi connectivity index (χ0) is 14.7. The van der Waals surface area contributed by atoms with Crippen molar-refractivity contribution in [1.82, 2.24) is 0 Å². The van der Waals surface area contributed by atoms with Crippen LogP contribution in [0.2, 0.25) is 0 Å². The number of carbonyl (C=O) groups is 1. The van der Waals surface area contributed by atoms with Crippen molar-refractivity contribution in [2.45, 2.75) is 26.7 Å². The summed E-state index contributed by atoms with van der Waals surface area (Å²) in [5, 5.41) is 5.89. The van der Waals surface area contributed by atoms with E-state index in [-0.39, 0.29) is 11.7 Å². The molecule has 1 heterocycles. The minimum Gasteiger partial charge on any atom is -0.382 e. The highest BCUT2D eigenvalue weighted by Crippen LogP contribution is 2.28. The maximum absolute atomic E-state index is 14.0. The number of nitrogens with two attached hydrogens (primary N) is 1. The first-order valence-corrected chi connectivity index (χ1v) is 7.07. The van der Waals surface area contributed by atoms with Crippen LogP contribution in [-0.2, 0) is 11.2 Å². The van der Waals surface area contributed by atoms with Gasteiger partial charge in [0.05, 0.1) is 5.69 Å². The van der Waals surface area contributed by atoms with Crippen LogP contribution in [0.4, 0.5) is 15.8 Å². The molecule has 0 aliphatic carbocycles. The van der Waals surface area contributed by atoms with Gasteiger partial charge in [0.2, 0.25) is 5.91 Å².